The molecule has 4 rings (SSSR count). The van der Waals surface area contributed by atoms with E-state index in [0.29, 0.717) is 48.1 Å². The number of rotatable bonds is 4. The molecule has 1 aromatic heterocycles. The van der Waals surface area contributed by atoms with E-state index in [-0.39, 0.29) is 17.6 Å². The molecule has 1 aromatic carbocycles. The third-order valence-electron chi connectivity index (χ3n) is 6.37. The van der Waals surface area contributed by atoms with Crippen LogP contribution in [0.2, 0.25) is 0 Å². The summed E-state index contributed by atoms with van der Waals surface area (Å²) < 4.78 is 6.52. The van der Waals surface area contributed by atoms with Crippen LogP contribution in [0.4, 0.5) is 0 Å². The summed E-state index contributed by atoms with van der Waals surface area (Å²) in [7, 11) is 3.24. The number of carbonyl (C=O) groups excluding carboxylic acids is 1. The number of fused-ring (bicyclic) bond motifs is 1. The van der Waals surface area contributed by atoms with Crippen molar-refractivity contribution in [1.29, 1.82) is 0 Å². The standard InChI is InChI=1S/C23H29N5O3S/c1-14(24-25-23(32)28-11-9-16(10-12-28)22(30)31-3)19-21(29)20(27(2)26-19)18-8-7-15-5-4-6-17(15)13-18/h7-8,13,16,29H,4-6,9-12H2,1-3H3,(H,25,32)/b24-14+. The molecule has 1 saturated heterocycles. The molecular weight excluding hydrogens is 426 g/mol. The maximum atomic E-state index is 11.7. The van der Waals surface area contributed by atoms with Gasteiger partial charge in [0.15, 0.2) is 16.6 Å². The first-order chi connectivity index (χ1) is 15.4. The first-order valence-electron chi connectivity index (χ1n) is 10.9. The van der Waals surface area contributed by atoms with Gasteiger partial charge in [-0.2, -0.15) is 10.2 Å². The molecule has 2 heterocycles. The third-order valence-corrected chi connectivity index (χ3v) is 6.72. The number of aromatic hydroxyl groups is 1. The minimum absolute atomic E-state index is 0.0765. The van der Waals surface area contributed by atoms with Crippen LogP contribution in [-0.2, 0) is 29.4 Å². The molecule has 0 atom stereocenters. The minimum Gasteiger partial charge on any atom is -0.504 e. The van der Waals surface area contributed by atoms with Crippen LogP contribution in [0.1, 0.15) is 43.0 Å². The Labute approximate surface area is 193 Å². The number of hydrogen-bond donors (Lipinski definition) is 2. The fourth-order valence-corrected chi connectivity index (χ4v) is 4.77. The Morgan fingerprint density at radius 3 is 2.72 bits per heavy atom. The highest BCUT2D eigenvalue weighted by atomic mass is 32.1. The highest BCUT2D eigenvalue weighted by Crippen LogP contribution is 2.35. The van der Waals surface area contributed by atoms with Crippen LogP contribution in [-0.4, -0.2) is 56.8 Å². The van der Waals surface area contributed by atoms with Gasteiger partial charge < -0.3 is 14.7 Å². The van der Waals surface area contributed by atoms with Gasteiger partial charge in [-0.05, 0) is 68.4 Å². The Morgan fingerprint density at radius 1 is 1.28 bits per heavy atom. The molecule has 8 nitrogen and oxygen atoms in total. The number of piperidine rings is 1. The lowest BCUT2D eigenvalue weighted by Gasteiger charge is -2.31. The van der Waals surface area contributed by atoms with Gasteiger partial charge in [-0.1, -0.05) is 12.1 Å². The predicted octanol–water partition coefficient (Wildman–Crippen LogP) is 2.76. The number of hydrogen-bond acceptors (Lipinski definition) is 6. The Hall–Kier alpha value is -2.94. The summed E-state index contributed by atoms with van der Waals surface area (Å²) >= 11 is 5.46. The number of nitrogens with one attached hydrogen (secondary N) is 1. The van der Waals surface area contributed by atoms with Gasteiger partial charge in [0.25, 0.3) is 0 Å². The van der Waals surface area contributed by atoms with Gasteiger partial charge in [-0.3, -0.25) is 14.9 Å². The van der Waals surface area contributed by atoms with Crippen LogP contribution in [0.3, 0.4) is 0 Å². The SMILES string of the molecule is COC(=O)C1CCN(C(=S)N/N=C(\C)c2nn(C)c(-c3ccc4c(c3)CCC4)c2O)CC1. The molecule has 0 amide bonds. The lowest BCUT2D eigenvalue weighted by atomic mass is 9.97. The van der Waals surface area contributed by atoms with Crippen LogP contribution < -0.4 is 5.43 Å². The molecule has 0 bridgehead atoms. The van der Waals surface area contributed by atoms with Gasteiger partial charge in [0.1, 0.15) is 5.69 Å². The molecule has 2 aliphatic rings. The lowest BCUT2D eigenvalue weighted by Crippen LogP contribution is -2.44. The zero-order chi connectivity index (χ0) is 22.8. The number of carbonyl (C=O) groups is 1. The molecule has 0 saturated carbocycles. The van der Waals surface area contributed by atoms with E-state index < -0.39 is 0 Å². The van der Waals surface area contributed by atoms with Crippen molar-refractivity contribution in [1.82, 2.24) is 20.1 Å². The van der Waals surface area contributed by atoms with Crippen LogP contribution >= 0.6 is 12.2 Å². The quantitative estimate of drug-likeness (QED) is 0.317. The molecule has 32 heavy (non-hydrogen) atoms. The Balaban J connectivity index is 1.45. The van der Waals surface area contributed by atoms with Crippen molar-refractivity contribution >= 4 is 29.0 Å². The van der Waals surface area contributed by atoms with Gasteiger partial charge in [-0.25, -0.2) is 0 Å². The number of benzene rings is 1. The predicted molar refractivity (Wildman–Crippen MR) is 127 cm³/mol. The number of ether oxygens (including phenoxy) is 1. The Kier molecular flexibility index (Phi) is 6.45. The Morgan fingerprint density at radius 2 is 2.00 bits per heavy atom. The molecule has 1 fully saturated rings. The summed E-state index contributed by atoms with van der Waals surface area (Å²) in [5.41, 5.74) is 8.23. The second kappa shape index (κ2) is 9.28. The van der Waals surface area contributed by atoms with Crippen molar-refractivity contribution in [2.75, 3.05) is 20.2 Å². The average Bonchev–Trinajstić information content (AvgIpc) is 3.39. The number of likely N-dealkylation sites (tertiary alicyclic amines) is 1. The summed E-state index contributed by atoms with van der Waals surface area (Å²) in [5.74, 6) is -0.132. The van der Waals surface area contributed by atoms with Gasteiger partial charge in [-0.15, -0.1) is 0 Å². The van der Waals surface area contributed by atoms with E-state index in [1.807, 2.05) is 18.0 Å². The highest BCUT2D eigenvalue weighted by Gasteiger charge is 2.27. The molecule has 2 N–H and O–H groups in total. The van der Waals surface area contributed by atoms with Gasteiger partial charge in [0.05, 0.1) is 18.7 Å². The topological polar surface area (TPSA) is 92.0 Å². The third kappa shape index (κ3) is 4.34. The zero-order valence-corrected chi connectivity index (χ0v) is 19.5. The molecule has 2 aromatic rings. The van der Waals surface area contributed by atoms with Gasteiger partial charge in [0.2, 0.25) is 0 Å². The normalized spacial score (nSPS) is 16.7. The summed E-state index contributed by atoms with van der Waals surface area (Å²) in [6, 6.07) is 6.34. The fraction of sp³-hybridized carbons (Fsp3) is 0.478. The number of aromatic nitrogens is 2. The summed E-state index contributed by atoms with van der Waals surface area (Å²) in [5, 5.41) is 20.3. The van der Waals surface area contributed by atoms with Crippen molar-refractivity contribution in [3.8, 4) is 17.0 Å². The summed E-state index contributed by atoms with van der Waals surface area (Å²) in [6.07, 6.45) is 4.77. The molecule has 9 heteroatoms. The first-order valence-corrected chi connectivity index (χ1v) is 11.4. The number of esters is 1. The molecule has 0 radical (unpaired) electrons. The maximum Gasteiger partial charge on any atom is 0.308 e. The second-order valence-corrected chi connectivity index (χ2v) is 8.79. The van der Waals surface area contributed by atoms with Crippen molar-refractivity contribution in [3.63, 3.8) is 0 Å². The van der Waals surface area contributed by atoms with E-state index in [1.165, 1.54) is 24.7 Å². The number of hydrazone groups is 1. The number of aryl methyl sites for hydroxylation is 3. The number of nitrogens with zero attached hydrogens (tertiary/aromatic N) is 4. The molecule has 1 aliphatic heterocycles. The van der Waals surface area contributed by atoms with Crippen molar-refractivity contribution in [3.05, 3.63) is 35.0 Å². The molecule has 0 spiro atoms. The first kappa shape index (κ1) is 22.3. The maximum absolute atomic E-state index is 11.7. The second-order valence-electron chi connectivity index (χ2n) is 8.41. The molecule has 1 aliphatic carbocycles. The largest absolute Gasteiger partial charge is 0.504 e. The van der Waals surface area contributed by atoms with Gasteiger partial charge in [0, 0.05) is 25.7 Å². The van der Waals surface area contributed by atoms with Crippen molar-refractivity contribution in [2.45, 2.75) is 39.0 Å². The number of thiocarbonyl (C=S) groups is 1. The average molecular weight is 456 g/mol. The smallest absolute Gasteiger partial charge is 0.308 e. The summed E-state index contributed by atoms with van der Waals surface area (Å²) in [4.78, 5) is 13.7. The highest BCUT2D eigenvalue weighted by molar-refractivity contribution is 7.80. The zero-order valence-electron chi connectivity index (χ0n) is 18.7. The van der Waals surface area contributed by atoms with Crippen LogP contribution in [0, 0.1) is 5.92 Å². The lowest BCUT2D eigenvalue weighted by molar-refractivity contribution is -0.146. The van der Waals surface area contributed by atoms with Crippen molar-refractivity contribution < 1.29 is 14.6 Å². The van der Waals surface area contributed by atoms with Crippen LogP contribution in [0.25, 0.3) is 11.3 Å². The Bertz CT molecular complexity index is 1070. The van der Waals surface area contributed by atoms with E-state index in [1.54, 1.807) is 11.6 Å². The van der Waals surface area contributed by atoms with E-state index in [0.717, 1.165) is 18.4 Å². The monoisotopic (exact) mass is 455 g/mol. The van der Waals surface area contributed by atoms with Crippen molar-refractivity contribution in [2.24, 2.45) is 18.1 Å². The number of methoxy groups -OCH3 is 1. The fourth-order valence-electron chi connectivity index (χ4n) is 4.54. The van der Waals surface area contributed by atoms with Crippen LogP contribution in [0.5, 0.6) is 5.75 Å². The van der Waals surface area contributed by atoms with E-state index in [2.05, 4.69) is 27.8 Å². The van der Waals surface area contributed by atoms with E-state index in [4.69, 9.17) is 17.0 Å². The van der Waals surface area contributed by atoms with Crippen LogP contribution in [0.15, 0.2) is 23.3 Å². The summed E-state index contributed by atoms with van der Waals surface area (Å²) in [6.45, 7) is 3.11. The molecule has 0 unspecified atom stereocenters. The van der Waals surface area contributed by atoms with E-state index >= 15 is 0 Å². The molecular formula is C23H29N5O3S. The van der Waals surface area contributed by atoms with Gasteiger partial charge >= 0.3 is 5.97 Å². The molecule has 170 valence electrons. The minimum atomic E-state index is -0.165. The van der Waals surface area contributed by atoms with E-state index in [9.17, 15) is 9.90 Å².